The Labute approximate surface area is 113 Å². The van der Waals surface area contributed by atoms with E-state index in [4.69, 9.17) is 0 Å². The first kappa shape index (κ1) is 15.2. The third kappa shape index (κ3) is 6.57. The van der Waals surface area contributed by atoms with Crippen LogP contribution in [0.3, 0.4) is 0 Å². The highest BCUT2D eigenvalue weighted by atomic mass is 16.5. The molecule has 19 heavy (non-hydrogen) atoms. The van der Waals surface area contributed by atoms with Gasteiger partial charge in [0.2, 0.25) is 5.91 Å². The number of hydrogen-bond acceptors (Lipinski definition) is 4. The van der Waals surface area contributed by atoms with Crippen LogP contribution in [-0.4, -0.2) is 31.6 Å². The Bertz CT molecular complexity index is 406. The molecule has 0 aliphatic rings. The summed E-state index contributed by atoms with van der Waals surface area (Å²) >= 11 is 0. The van der Waals surface area contributed by atoms with Crippen molar-refractivity contribution in [2.75, 3.05) is 13.7 Å². The Balaban J connectivity index is 2.19. The number of amides is 1. The van der Waals surface area contributed by atoms with E-state index in [-0.39, 0.29) is 30.9 Å². The maximum absolute atomic E-state index is 11.6. The minimum atomic E-state index is -0.287. The van der Waals surface area contributed by atoms with Gasteiger partial charge in [-0.1, -0.05) is 30.3 Å². The van der Waals surface area contributed by atoms with E-state index in [1.807, 2.05) is 37.3 Å². The van der Waals surface area contributed by atoms with Crippen molar-refractivity contribution in [1.82, 2.24) is 10.6 Å². The molecule has 0 bridgehead atoms. The number of hydrogen-bond donors (Lipinski definition) is 2. The highest BCUT2D eigenvalue weighted by Gasteiger charge is 2.10. The summed E-state index contributed by atoms with van der Waals surface area (Å²) in [5.74, 6) is -0.384. The standard InChI is InChI=1S/C14H20N2O3/c1-11(8-14(18)19-2)15-10-13(17)16-9-12-6-4-3-5-7-12/h3-7,11,15H,8-10H2,1-2H3,(H,16,17). The van der Waals surface area contributed by atoms with Crippen LogP contribution in [-0.2, 0) is 20.9 Å². The number of carbonyl (C=O) groups excluding carboxylic acids is 2. The molecule has 1 rings (SSSR count). The molecule has 1 aromatic rings. The monoisotopic (exact) mass is 264 g/mol. The van der Waals surface area contributed by atoms with Gasteiger partial charge in [-0.2, -0.15) is 0 Å². The van der Waals surface area contributed by atoms with Gasteiger partial charge in [-0.3, -0.25) is 9.59 Å². The maximum atomic E-state index is 11.6. The third-order valence-corrected chi connectivity index (χ3v) is 2.64. The summed E-state index contributed by atoms with van der Waals surface area (Å²) in [7, 11) is 1.35. The average Bonchev–Trinajstić information content (AvgIpc) is 2.43. The van der Waals surface area contributed by atoms with Crippen LogP contribution in [0.4, 0.5) is 0 Å². The second kappa shape index (κ2) is 8.26. The van der Waals surface area contributed by atoms with Crippen LogP contribution in [0.15, 0.2) is 30.3 Å². The molecular formula is C14H20N2O3. The van der Waals surface area contributed by atoms with Crippen LogP contribution < -0.4 is 10.6 Å². The molecule has 0 saturated carbocycles. The Kier molecular flexibility index (Phi) is 6.60. The fraction of sp³-hybridized carbons (Fsp3) is 0.429. The van der Waals surface area contributed by atoms with E-state index < -0.39 is 0 Å². The molecule has 1 amide bonds. The number of rotatable bonds is 7. The van der Waals surface area contributed by atoms with Crippen LogP contribution in [0.2, 0.25) is 0 Å². The van der Waals surface area contributed by atoms with Gasteiger partial charge >= 0.3 is 5.97 Å². The fourth-order valence-corrected chi connectivity index (χ4v) is 1.53. The van der Waals surface area contributed by atoms with Crippen molar-refractivity contribution in [2.45, 2.75) is 25.9 Å². The number of carbonyl (C=O) groups is 2. The first-order valence-electron chi connectivity index (χ1n) is 6.22. The number of methoxy groups -OCH3 is 1. The van der Waals surface area contributed by atoms with Crippen molar-refractivity contribution in [3.05, 3.63) is 35.9 Å². The molecule has 1 unspecified atom stereocenters. The molecule has 0 heterocycles. The molecule has 1 atom stereocenters. The van der Waals surface area contributed by atoms with E-state index in [0.29, 0.717) is 6.54 Å². The highest BCUT2D eigenvalue weighted by Crippen LogP contribution is 1.97. The summed E-state index contributed by atoms with van der Waals surface area (Å²) in [6.45, 7) is 2.53. The maximum Gasteiger partial charge on any atom is 0.307 e. The number of benzene rings is 1. The predicted molar refractivity (Wildman–Crippen MR) is 72.4 cm³/mol. The smallest absolute Gasteiger partial charge is 0.307 e. The zero-order valence-corrected chi connectivity index (χ0v) is 11.3. The van der Waals surface area contributed by atoms with Crippen LogP contribution in [0.5, 0.6) is 0 Å². The lowest BCUT2D eigenvalue weighted by Crippen LogP contribution is -2.38. The van der Waals surface area contributed by atoms with E-state index >= 15 is 0 Å². The Morgan fingerprint density at radius 3 is 2.58 bits per heavy atom. The molecular weight excluding hydrogens is 244 g/mol. The highest BCUT2D eigenvalue weighted by molar-refractivity contribution is 5.78. The molecule has 0 spiro atoms. The zero-order chi connectivity index (χ0) is 14.1. The number of esters is 1. The minimum absolute atomic E-state index is 0.0880. The van der Waals surface area contributed by atoms with E-state index in [0.717, 1.165) is 5.56 Å². The van der Waals surface area contributed by atoms with E-state index in [2.05, 4.69) is 15.4 Å². The Morgan fingerprint density at radius 2 is 1.95 bits per heavy atom. The summed E-state index contributed by atoms with van der Waals surface area (Å²) in [4.78, 5) is 22.6. The van der Waals surface area contributed by atoms with Crippen molar-refractivity contribution in [3.8, 4) is 0 Å². The summed E-state index contributed by atoms with van der Waals surface area (Å²) in [6, 6.07) is 9.61. The summed E-state index contributed by atoms with van der Waals surface area (Å²) in [6.07, 6.45) is 0.252. The molecule has 0 aliphatic heterocycles. The molecule has 0 aliphatic carbocycles. The summed E-state index contributed by atoms with van der Waals surface area (Å²) in [5.41, 5.74) is 1.05. The largest absolute Gasteiger partial charge is 0.469 e. The Morgan fingerprint density at radius 1 is 1.26 bits per heavy atom. The predicted octanol–water partition coefficient (Wildman–Crippen LogP) is 0.844. The van der Waals surface area contributed by atoms with Crippen LogP contribution in [0, 0.1) is 0 Å². The van der Waals surface area contributed by atoms with E-state index in [1.165, 1.54) is 7.11 Å². The summed E-state index contributed by atoms with van der Waals surface area (Å²) in [5, 5.41) is 5.78. The molecule has 1 aromatic carbocycles. The Hall–Kier alpha value is -1.88. The topological polar surface area (TPSA) is 67.4 Å². The van der Waals surface area contributed by atoms with Crippen molar-refractivity contribution in [3.63, 3.8) is 0 Å². The van der Waals surface area contributed by atoms with Crippen LogP contribution in [0.1, 0.15) is 18.9 Å². The van der Waals surface area contributed by atoms with Gasteiger partial charge in [-0.15, -0.1) is 0 Å². The van der Waals surface area contributed by atoms with Crippen LogP contribution in [0.25, 0.3) is 0 Å². The number of nitrogens with one attached hydrogen (secondary N) is 2. The minimum Gasteiger partial charge on any atom is -0.469 e. The van der Waals surface area contributed by atoms with Gasteiger partial charge in [-0.25, -0.2) is 0 Å². The lowest BCUT2D eigenvalue weighted by atomic mass is 10.2. The molecule has 104 valence electrons. The lowest BCUT2D eigenvalue weighted by molar-refractivity contribution is -0.141. The van der Waals surface area contributed by atoms with Crippen molar-refractivity contribution < 1.29 is 14.3 Å². The van der Waals surface area contributed by atoms with Crippen molar-refractivity contribution in [2.24, 2.45) is 0 Å². The molecule has 5 nitrogen and oxygen atoms in total. The molecule has 2 N–H and O–H groups in total. The van der Waals surface area contributed by atoms with Gasteiger partial charge in [-0.05, 0) is 12.5 Å². The average molecular weight is 264 g/mol. The van der Waals surface area contributed by atoms with Crippen molar-refractivity contribution in [1.29, 1.82) is 0 Å². The second-order valence-electron chi connectivity index (χ2n) is 4.32. The van der Waals surface area contributed by atoms with Crippen molar-refractivity contribution >= 4 is 11.9 Å². The molecule has 0 radical (unpaired) electrons. The zero-order valence-electron chi connectivity index (χ0n) is 11.3. The van der Waals surface area contributed by atoms with Crippen LogP contribution >= 0.6 is 0 Å². The van der Waals surface area contributed by atoms with Gasteiger partial charge in [0, 0.05) is 12.6 Å². The van der Waals surface area contributed by atoms with Gasteiger partial charge in [0.1, 0.15) is 0 Å². The van der Waals surface area contributed by atoms with Gasteiger partial charge in [0.05, 0.1) is 20.1 Å². The quantitative estimate of drug-likeness (QED) is 0.716. The molecule has 5 heteroatoms. The van der Waals surface area contributed by atoms with Gasteiger partial charge in [0.15, 0.2) is 0 Å². The molecule has 0 saturated heterocycles. The summed E-state index contributed by atoms with van der Waals surface area (Å²) < 4.78 is 4.55. The first-order valence-corrected chi connectivity index (χ1v) is 6.22. The van der Waals surface area contributed by atoms with E-state index in [9.17, 15) is 9.59 Å². The lowest BCUT2D eigenvalue weighted by Gasteiger charge is -2.12. The normalized spacial score (nSPS) is 11.7. The fourth-order valence-electron chi connectivity index (χ4n) is 1.53. The second-order valence-corrected chi connectivity index (χ2v) is 4.32. The van der Waals surface area contributed by atoms with E-state index in [1.54, 1.807) is 0 Å². The number of ether oxygens (including phenoxy) is 1. The van der Waals surface area contributed by atoms with Gasteiger partial charge < -0.3 is 15.4 Å². The van der Waals surface area contributed by atoms with Gasteiger partial charge in [0.25, 0.3) is 0 Å². The first-order chi connectivity index (χ1) is 9.11. The molecule has 0 aromatic heterocycles. The molecule has 0 fully saturated rings. The SMILES string of the molecule is COC(=O)CC(C)NCC(=O)NCc1ccccc1. The third-order valence-electron chi connectivity index (χ3n) is 2.64.